The van der Waals surface area contributed by atoms with Gasteiger partial charge in [-0.25, -0.2) is 4.39 Å². The van der Waals surface area contributed by atoms with Gasteiger partial charge in [0.1, 0.15) is 11.6 Å². The van der Waals surface area contributed by atoms with Crippen LogP contribution in [-0.2, 0) is 6.54 Å². The van der Waals surface area contributed by atoms with Crippen molar-refractivity contribution >= 4 is 5.69 Å². The molecule has 1 aliphatic heterocycles. The van der Waals surface area contributed by atoms with Gasteiger partial charge in [-0.2, -0.15) is 0 Å². The van der Waals surface area contributed by atoms with Gasteiger partial charge in [-0.3, -0.25) is 15.0 Å². The Morgan fingerprint density at radius 1 is 1.31 bits per heavy atom. The van der Waals surface area contributed by atoms with Gasteiger partial charge in [0.25, 0.3) is 0 Å². The number of hydrogen-bond donors (Lipinski definition) is 1. The molecule has 0 saturated carbocycles. The smallest absolute Gasteiger partial charge is 0.311 e. The Labute approximate surface area is 151 Å². The summed E-state index contributed by atoms with van der Waals surface area (Å²) in [6.07, 6.45) is 2.26. The van der Waals surface area contributed by atoms with Gasteiger partial charge in [-0.1, -0.05) is 6.07 Å². The molecule has 1 saturated heterocycles. The lowest BCUT2D eigenvalue weighted by atomic mass is 10.0. The van der Waals surface area contributed by atoms with Crippen molar-refractivity contribution < 1.29 is 14.1 Å². The zero-order valence-corrected chi connectivity index (χ0v) is 14.7. The second-order valence-corrected chi connectivity index (χ2v) is 6.48. The predicted octanol–water partition coefficient (Wildman–Crippen LogP) is 3.71. The fourth-order valence-electron chi connectivity index (χ4n) is 3.21. The minimum Gasteiger partial charge on any atom is -0.450 e. The molecule has 0 bridgehead atoms. The van der Waals surface area contributed by atoms with Crippen LogP contribution in [0.5, 0.6) is 11.5 Å². The van der Waals surface area contributed by atoms with Gasteiger partial charge in [-0.05, 0) is 62.3 Å². The third kappa shape index (κ3) is 4.56. The van der Waals surface area contributed by atoms with Crippen molar-refractivity contribution in [2.75, 3.05) is 20.1 Å². The van der Waals surface area contributed by atoms with Gasteiger partial charge >= 0.3 is 5.69 Å². The fourth-order valence-corrected chi connectivity index (χ4v) is 3.21. The number of piperidine rings is 1. The summed E-state index contributed by atoms with van der Waals surface area (Å²) in [4.78, 5) is 13.3. The maximum atomic E-state index is 13.0. The molecule has 3 rings (SSSR count). The number of benzene rings is 2. The second kappa shape index (κ2) is 8.25. The molecule has 6 nitrogen and oxygen atoms in total. The van der Waals surface area contributed by atoms with E-state index in [1.165, 1.54) is 24.3 Å². The van der Waals surface area contributed by atoms with Crippen molar-refractivity contribution in [1.82, 2.24) is 10.2 Å². The topological polar surface area (TPSA) is 67.6 Å². The molecule has 1 N–H and O–H groups in total. The van der Waals surface area contributed by atoms with E-state index in [9.17, 15) is 14.5 Å². The van der Waals surface area contributed by atoms with Gasteiger partial charge in [0.15, 0.2) is 0 Å². The lowest BCUT2D eigenvalue weighted by molar-refractivity contribution is -0.385. The van der Waals surface area contributed by atoms with Crippen LogP contribution in [0.3, 0.4) is 0 Å². The summed E-state index contributed by atoms with van der Waals surface area (Å²) >= 11 is 0. The third-order valence-electron chi connectivity index (χ3n) is 4.58. The van der Waals surface area contributed by atoms with Crippen molar-refractivity contribution in [3.63, 3.8) is 0 Å². The molecular formula is C19H22FN3O3. The van der Waals surface area contributed by atoms with Gasteiger partial charge in [0, 0.05) is 25.2 Å². The van der Waals surface area contributed by atoms with Crippen LogP contribution in [0.2, 0.25) is 0 Å². The predicted molar refractivity (Wildman–Crippen MR) is 96.9 cm³/mol. The number of nitro benzene ring substituents is 1. The Balaban J connectivity index is 1.76. The first-order chi connectivity index (χ1) is 12.5. The molecule has 7 heteroatoms. The fraction of sp³-hybridized carbons (Fsp3) is 0.368. The van der Waals surface area contributed by atoms with Gasteiger partial charge in [-0.15, -0.1) is 0 Å². The van der Waals surface area contributed by atoms with E-state index in [4.69, 9.17) is 4.74 Å². The monoisotopic (exact) mass is 359 g/mol. The van der Waals surface area contributed by atoms with E-state index < -0.39 is 4.92 Å². The standard InChI is InChI=1S/C19H22FN3O3/c1-21-16-3-2-10-22(13-16)12-14-4-9-19(18(11-14)23(24)25)26-17-7-5-15(20)6-8-17/h4-9,11,16,21H,2-3,10,12-13H2,1H3. The molecule has 1 unspecified atom stereocenters. The van der Waals surface area contributed by atoms with Crippen molar-refractivity contribution in [3.05, 3.63) is 64.0 Å². The lowest BCUT2D eigenvalue weighted by Crippen LogP contribution is -2.43. The Morgan fingerprint density at radius 2 is 2.08 bits per heavy atom. The Bertz CT molecular complexity index is 767. The highest BCUT2D eigenvalue weighted by Gasteiger charge is 2.21. The SMILES string of the molecule is CNC1CCCN(Cc2ccc(Oc3ccc(F)cc3)c([N+](=O)[O-])c2)C1. The number of likely N-dealkylation sites (N-methyl/N-ethyl adjacent to an activating group) is 1. The van der Waals surface area contributed by atoms with Crippen LogP contribution in [0, 0.1) is 15.9 Å². The number of nitrogens with zero attached hydrogens (tertiary/aromatic N) is 2. The van der Waals surface area contributed by atoms with E-state index >= 15 is 0 Å². The lowest BCUT2D eigenvalue weighted by Gasteiger charge is -2.32. The van der Waals surface area contributed by atoms with Crippen LogP contribution in [0.4, 0.5) is 10.1 Å². The average Bonchev–Trinajstić information content (AvgIpc) is 2.65. The Morgan fingerprint density at radius 3 is 2.77 bits per heavy atom. The highest BCUT2D eigenvalue weighted by atomic mass is 19.1. The number of likely N-dealkylation sites (tertiary alicyclic amines) is 1. The maximum Gasteiger partial charge on any atom is 0.311 e. The minimum absolute atomic E-state index is 0.0889. The quantitative estimate of drug-likeness (QED) is 0.629. The molecule has 0 aromatic heterocycles. The zero-order valence-electron chi connectivity index (χ0n) is 14.7. The number of nitrogens with one attached hydrogen (secondary N) is 1. The molecule has 0 radical (unpaired) electrons. The molecule has 1 fully saturated rings. The van der Waals surface area contributed by atoms with Gasteiger partial charge in [0.05, 0.1) is 4.92 Å². The average molecular weight is 359 g/mol. The number of hydrogen-bond acceptors (Lipinski definition) is 5. The molecule has 0 aliphatic carbocycles. The van der Waals surface area contributed by atoms with Crippen molar-refractivity contribution in [2.24, 2.45) is 0 Å². The van der Waals surface area contributed by atoms with E-state index in [-0.39, 0.29) is 17.3 Å². The van der Waals surface area contributed by atoms with E-state index in [1.54, 1.807) is 12.1 Å². The summed E-state index contributed by atoms with van der Waals surface area (Å²) in [7, 11) is 1.96. The molecule has 138 valence electrons. The van der Waals surface area contributed by atoms with Crippen LogP contribution in [0.15, 0.2) is 42.5 Å². The van der Waals surface area contributed by atoms with Crippen LogP contribution in [-0.4, -0.2) is 36.0 Å². The molecule has 26 heavy (non-hydrogen) atoms. The van der Waals surface area contributed by atoms with E-state index in [0.29, 0.717) is 18.3 Å². The first-order valence-corrected chi connectivity index (χ1v) is 8.65. The second-order valence-electron chi connectivity index (χ2n) is 6.48. The minimum atomic E-state index is -0.449. The van der Waals surface area contributed by atoms with E-state index in [0.717, 1.165) is 31.5 Å². The van der Waals surface area contributed by atoms with Gasteiger partial charge < -0.3 is 10.1 Å². The normalized spacial score (nSPS) is 17.8. The molecule has 1 atom stereocenters. The summed E-state index contributed by atoms with van der Waals surface area (Å²) in [5.74, 6) is 0.121. The summed E-state index contributed by atoms with van der Waals surface area (Å²) in [5.41, 5.74) is 0.786. The Kier molecular flexibility index (Phi) is 5.80. The first kappa shape index (κ1) is 18.3. The van der Waals surface area contributed by atoms with Gasteiger partial charge in [0.2, 0.25) is 5.75 Å². The summed E-state index contributed by atoms with van der Waals surface area (Å²) in [5, 5.41) is 14.7. The molecule has 0 amide bonds. The molecule has 2 aromatic rings. The van der Waals surface area contributed by atoms with Crippen LogP contribution < -0.4 is 10.1 Å². The van der Waals surface area contributed by atoms with Crippen LogP contribution in [0.25, 0.3) is 0 Å². The van der Waals surface area contributed by atoms with Crippen LogP contribution >= 0.6 is 0 Å². The van der Waals surface area contributed by atoms with E-state index in [2.05, 4.69) is 10.2 Å². The summed E-state index contributed by atoms with van der Waals surface area (Å²) in [6.45, 7) is 2.58. The molecular weight excluding hydrogens is 337 g/mol. The third-order valence-corrected chi connectivity index (χ3v) is 4.58. The number of rotatable bonds is 6. The maximum absolute atomic E-state index is 13.0. The molecule has 2 aromatic carbocycles. The van der Waals surface area contributed by atoms with Crippen molar-refractivity contribution in [3.8, 4) is 11.5 Å². The number of halogens is 1. The molecule has 1 heterocycles. The first-order valence-electron chi connectivity index (χ1n) is 8.65. The van der Waals surface area contributed by atoms with Crippen LogP contribution in [0.1, 0.15) is 18.4 Å². The summed E-state index contributed by atoms with van der Waals surface area (Å²) < 4.78 is 18.6. The molecule has 1 aliphatic rings. The zero-order chi connectivity index (χ0) is 18.5. The number of nitro groups is 1. The largest absolute Gasteiger partial charge is 0.450 e. The van der Waals surface area contributed by atoms with E-state index in [1.807, 2.05) is 13.1 Å². The van der Waals surface area contributed by atoms with Crippen molar-refractivity contribution in [2.45, 2.75) is 25.4 Å². The molecule has 0 spiro atoms. The Hall–Kier alpha value is -2.51. The number of ether oxygens (including phenoxy) is 1. The highest BCUT2D eigenvalue weighted by Crippen LogP contribution is 2.32. The van der Waals surface area contributed by atoms with Crippen molar-refractivity contribution in [1.29, 1.82) is 0 Å². The summed E-state index contributed by atoms with van der Waals surface area (Å²) in [6, 6.07) is 10.9. The highest BCUT2D eigenvalue weighted by molar-refractivity contribution is 5.50.